The van der Waals surface area contributed by atoms with Gasteiger partial charge in [-0.25, -0.2) is 4.68 Å². The van der Waals surface area contributed by atoms with E-state index in [0.717, 1.165) is 53.4 Å². The van der Waals surface area contributed by atoms with Crippen molar-refractivity contribution in [3.05, 3.63) is 130 Å². The number of unbranched alkanes of at least 4 members (excludes halogenated alkanes) is 2. The Hall–Kier alpha value is -4.90. The van der Waals surface area contributed by atoms with E-state index in [1.165, 1.54) is 0 Å². The maximum absolute atomic E-state index is 14.7. The Morgan fingerprint density at radius 1 is 0.943 bits per heavy atom. The highest BCUT2D eigenvalue weighted by molar-refractivity contribution is 6.56. The summed E-state index contributed by atoms with van der Waals surface area (Å²) in [5.41, 5.74) is 5.07. The van der Waals surface area contributed by atoms with Crippen molar-refractivity contribution in [2.24, 2.45) is 0 Å². The Labute approximate surface area is 319 Å². The minimum Gasteiger partial charge on any atom is -0.456 e. The van der Waals surface area contributed by atoms with Crippen LogP contribution in [-0.2, 0) is 13.0 Å². The molecule has 0 bridgehead atoms. The van der Waals surface area contributed by atoms with Crippen molar-refractivity contribution in [2.45, 2.75) is 65.5 Å². The second-order valence-electron chi connectivity index (χ2n) is 13.4. The van der Waals surface area contributed by atoms with Crippen LogP contribution in [0.15, 0.2) is 97.1 Å². The number of nitrogens with one attached hydrogen (secondary N) is 1. The van der Waals surface area contributed by atoms with E-state index >= 15 is 0 Å². The number of nitrogens with zero attached hydrogens (tertiary/aromatic N) is 4. The number of rotatable bonds is 15. The molecule has 0 unspecified atom stereocenters. The molecular weight excluding hydrogens is 702 g/mol. The predicted molar refractivity (Wildman–Crippen MR) is 212 cm³/mol. The molecule has 2 radical (unpaired) electrons. The number of amides is 2. The number of para-hydroxylation sites is 1. The molecule has 11 heteroatoms. The van der Waals surface area contributed by atoms with Gasteiger partial charge >= 0.3 is 0 Å². The van der Waals surface area contributed by atoms with Gasteiger partial charge in [0.2, 0.25) is 9.68 Å². The van der Waals surface area contributed by atoms with E-state index in [1.54, 1.807) is 15.6 Å². The second-order valence-corrected chi connectivity index (χ2v) is 14.8. The molecule has 2 amide bonds. The van der Waals surface area contributed by atoms with Gasteiger partial charge in [-0.2, -0.15) is 5.10 Å². The Balaban J connectivity index is 1.29. The van der Waals surface area contributed by atoms with Crippen molar-refractivity contribution < 1.29 is 19.4 Å². The number of fused-ring (bicyclic) bond motifs is 1. The summed E-state index contributed by atoms with van der Waals surface area (Å²) < 4.78 is 7.66. The number of carbonyl (C=O) groups excluding carboxylic acids is 2. The van der Waals surface area contributed by atoms with E-state index in [0.29, 0.717) is 59.5 Å². The third-order valence-electron chi connectivity index (χ3n) is 9.51. The third kappa shape index (κ3) is 9.01. The van der Waals surface area contributed by atoms with Gasteiger partial charge < -0.3 is 24.6 Å². The van der Waals surface area contributed by atoms with Crippen molar-refractivity contribution >= 4 is 44.0 Å². The SMILES string of the molecule is CCCCN(CCCC)C(=O)c1cc(C)n(-c2ccc(N[Si]c3ccc(Oc4ccccc4Cl)cc3)cc2C(=O)N2Cc3ccccc3C[C@H]2CO)n1. The molecule has 0 spiro atoms. The van der Waals surface area contributed by atoms with Crippen LogP contribution in [0.25, 0.3) is 5.69 Å². The van der Waals surface area contributed by atoms with Crippen LogP contribution >= 0.6 is 11.6 Å². The molecule has 274 valence electrons. The van der Waals surface area contributed by atoms with Gasteiger partial charge in [-0.1, -0.05) is 86.8 Å². The monoisotopic (exact) mass is 747 g/mol. The minimum absolute atomic E-state index is 0.0996. The van der Waals surface area contributed by atoms with Crippen LogP contribution in [0.1, 0.15) is 77.2 Å². The average Bonchev–Trinajstić information content (AvgIpc) is 3.58. The summed E-state index contributed by atoms with van der Waals surface area (Å²) in [6.07, 6.45) is 4.40. The molecule has 1 aliphatic heterocycles. The number of halogens is 1. The maximum Gasteiger partial charge on any atom is 0.274 e. The van der Waals surface area contributed by atoms with Crippen LogP contribution in [0, 0.1) is 6.92 Å². The summed E-state index contributed by atoms with van der Waals surface area (Å²) >= 11 is 6.27. The van der Waals surface area contributed by atoms with Crippen LogP contribution in [-0.4, -0.2) is 71.9 Å². The van der Waals surface area contributed by atoms with Gasteiger partial charge in [0, 0.05) is 31.0 Å². The van der Waals surface area contributed by atoms with E-state index in [4.69, 9.17) is 21.4 Å². The Morgan fingerprint density at radius 2 is 1.64 bits per heavy atom. The first-order valence-corrected chi connectivity index (χ1v) is 19.7. The number of aliphatic hydroxyl groups excluding tert-OH is 1. The number of aliphatic hydroxyl groups is 1. The first-order chi connectivity index (χ1) is 25.8. The predicted octanol–water partition coefficient (Wildman–Crippen LogP) is 7.58. The lowest BCUT2D eigenvalue weighted by Crippen LogP contribution is -2.46. The second kappa shape index (κ2) is 17.7. The number of hydrogen-bond acceptors (Lipinski definition) is 6. The Morgan fingerprint density at radius 3 is 2.34 bits per heavy atom. The highest BCUT2D eigenvalue weighted by Crippen LogP contribution is 2.30. The Kier molecular flexibility index (Phi) is 12.7. The van der Waals surface area contributed by atoms with E-state index < -0.39 is 0 Å². The molecule has 0 fully saturated rings. The van der Waals surface area contributed by atoms with Crippen molar-refractivity contribution in [3.63, 3.8) is 0 Å². The molecule has 1 aromatic heterocycles. The summed E-state index contributed by atoms with van der Waals surface area (Å²) in [4.78, 5) is 35.6. The summed E-state index contributed by atoms with van der Waals surface area (Å²) in [5.74, 6) is 0.959. The molecule has 0 saturated carbocycles. The van der Waals surface area contributed by atoms with Crippen LogP contribution < -0.4 is 14.9 Å². The molecule has 4 aromatic carbocycles. The van der Waals surface area contributed by atoms with Crippen molar-refractivity contribution in [1.29, 1.82) is 0 Å². The number of aryl methyl sites for hydroxylation is 1. The van der Waals surface area contributed by atoms with Crippen molar-refractivity contribution in [2.75, 3.05) is 24.7 Å². The number of anilines is 1. The smallest absolute Gasteiger partial charge is 0.274 e. The van der Waals surface area contributed by atoms with Crippen LogP contribution in [0.4, 0.5) is 5.69 Å². The highest BCUT2D eigenvalue weighted by atomic mass is 35.5. The molecule has 1 atom stereocenters. The van der Waals surface area contributed by atoms with Crippen molar-refractivity contribution in [3.8, 4) is 17.2 Å². The van der Waals surface area contributed by atoms with Gasteiger partial charge in [-0.05, 0) is 91.0 Å². The normalized spacial score (nSPS) is 13.8. The molecule has 0 aliphatic carbocycles. The standard InChI is InChI=1S/C42H46ClN5O4Si/c1-4-6-22-46(23-7-5-2)42(51)38-24-29(3)48(44-38)39-21-16-32(45-53-35-19-17-34(18-20-35)52-40-15-11-10-14-37(40)43)26-36(39)41(50)47-27-31-13-9-8-12-30(31)25-33(47)28-49/h8-21,24,26,33,45,49H,4-7,22-23,25,27-28H2,1-3H3/t33-/m0/s1. The van der Waals surface area contributed by atoms with E-state index in [1.807, 2.05) is 96.8 Å². The largest absolute Gasteiger partial charge is 0.456 e. The van der Waals surface area contributed by atoms with Gasteiger partial charge in [-0.15, -0.1) is 0 Å². The lowest BCUT2D eigenvalue weighted by molar-refractivity contribution is 0.0544. The fourth-order valence-electron chi connectivity index (χ4n) is 6.52. The fraction of sp³-hybridized carbons (Fsp3) is 0.310. The first kappa shape index (κ1) is 37.8. The first-order valence-electron chi connectivity index (χ1n) is 18.3. The lowest BCUT2D eigenvalue weighted by Gasteiger charge is -2.36. The number of carbonyl (C=O) groups is 2. The number of benzene rings is 4. The molecule has 6 rings (SSSR count). The topological polar surface area (TPSA) is 99.9 Å². The number of ether oxygens (including phenoxy) is 1. The molecule has 2 heterocycles. The zero-order chi connectivity index (χ0) is 37.3. The zero-order valence-electron chi connectivity index (χ0n) is 30.5. The lowest BCUT2D eigenvalue weighted by atomic mass is 9.93. The molecule has 53 heavy (non-hydrogen) atoms. The van der Waals surface area contributed by atoms with E-state index in [9.17, 15) is 14.7 Å². The van der Waals surface area contributed by atoms with E-state index in [2.05, 4.69) is 24.9 Å². The third-order valence-corrected chi connectivity index (χ3v) is 10.9. The van der Waals surface area contributed by atoms with Gasteiger partial charge in [-0.3, -0.25) is 9.59 Å². The maximum atomic E-state index is 14.7. The van der Waals surface area contributed by atoms with Gasteiger partial charge in [0.1, 0.15) is 11.5 Å². The molecule has 5 aromatic rings. The van der Waals surface area contributed by atoms with Crippen LogP contribution in [0.3, 0.4) is 0 Å². The highest BCUT2D eigenvalue weighted by Gasteiger charge is 2.32. The average molecular weight is 748 g/mol. The molecule has 1 aliphatic rings. The zero-order valence-corrected chi connectivity index (χ0v) is 32.3. The quantitative estimate of drug-likeness (QED) is 0.107. The van der Waals surface area contributed by atoms with Gasteiger partial charge in [0.15, 0.2) is 5.69 Å². The van der Waals surface area contributed by atoms with Gasteiger partial charge in [0.05, 0.1) is 28.9 Å². The van der Waals surface area contributed by atoms with Crippen molar-refractivity contribution in [1.82, 2.24) is 19.6 Å². The summed E-state index contributed by atoms with van der Waals surface area (Å²) in [5, 5.41) is 16.9. The number of aromatic nitrogens is 2. The van der Waals surface area contributed by atoms with E-state index in [-0.39, 0.29) is 34.1 Å². The summed E-state index contributed by atoms with van der Waals surface area (Å²) in [6.45, 7) is 7.74. The minimum atomic E-state index is -0.378. The fourth-order valence-corrected chi connectivity index (χ4v) is 7.47. The summed E-state index contributed by atoms with van der Waals surface area (Å²) in [7, 11) is 0.200. The van der Waals surface area contributed by atoms with Crippen LogP contribution in [0.2, 0.25) is 5.02 Å². The van der Waals surface area contributed by atoms with Crippen LogP contribution in [0.5, 0.6) is 11.5 Å². The number of hydrogen-bond donors (Lipinski definition) is 2. The summed E-state index contributed by atoms with van der Waals surface area (Å²) in [6, 6.07) is 30.3. The molecule has 9 nitrogen and oxygen atoms in total. The molecule has 2 N–H and O–H groups in total. The Bertz CT molecular complexity index is 2030. The molecule has 0 saturated heterocycles. The van der Waals surface area contributed by atoms with Gasteiger partial charge in [0.25, 0.3) is 11.8 Å². The molecular formula is C42H46ClN5O4Si.